The van der Waals surface area contributed by atoms with Crippen LogP contribution in [0.25, 0.3) is 0 Å². The summed E-state index contributed by atoms with van der Waals surface area (Å²) < 4.78 is 2.59. The highest BCUT2D eigenvalue weighted by Gasteiger charge is 2.15. The minimum atomic E-state index is 0.178. The number of hydrogen-bond acceptors (Lipinski definition) is 2. The molecular weight excluding hydrogens is 270 g/mol. The molecule has 0 saturated carbocycles. The molecule has 88 valence electrons. The zero-order valence-electron chi connectivity index (χ0n) is 9.23. The van der Waals surface area contributed by atoms with E-state index in [1.807, 2.05) is 11.1 Å². The second-order valence-electron chi connectivity index (χ2n) is 4.15. The molecule has 2 heterocycles. The number of carbonyl (C=O) groups is 1. The third kappa shape index (κ3) is 3.07. The molecule has 0 N–H and O–H groups in total. The predicted molar refractivity (Wildman–Crippen MR) is 65.0 cm³/mol. The predicted octanol–water partition coefficient (Wildman–Crippen LogP) is 2.05. The van der Waals surface area contributed by atoms with Crippen molar-refractivity contribution >= 4 is 21.8 Å². The number of aromatic nitrogens is 2. The van der Waals surface area contributed by atoms with Gasteiger partial charge in [-0.15, -0.1) is 0 Å². The second-order valence-corrected chi connectivity index (χ2v) is 5.07. The van der Waals surface area contributed by atoms with E-state index in [-0.39, 0.29) is 5.91 Å². The van der Waals surface area contributed by atoms with Crippen molar-refractivity contribution in [2.45, 2.75) is 32.2 Å². The number of rotatable bonds is 2. The summed E-state index contributed by atoms with van der Waals surface area (Å²) in [5.74, 6) is 0.178. The molecule has 0 radical (unpaired) electrons. The van der Waals surface area contributed by atoms with E-state index in [0.29, 0.717) is 6.54 Å². The standard InChI is InChI=1S/C11H16BrN3O/c12-10-7-13-15(8-10)9-11(16)14-5-3-1-2-4-6-14/h7-8H,1-6,9H2. The largest absolute Gasteiger partial charge is 0.341 e. The molecule has 0 spiro atoms. The summed E-state index contributed by atoms with van der Waals surface area (Å²) in [6.45, 7) is 2.16. The lowest BCUT2D eigenvalue weighted by atomic mass is 10.2. The van der Waals surface area contributed by atoms with Gasteiger partial charge in [0.25, 0.3) is 0 Å². The first kappa shape index (κ1) is 11.6. The van der Waals surface area contributed by atoms with Gasteiger partial charge in [0.2, 0.25) is 5.91 Å². The van der Waals surface area contributed by atoms with E-state index in [0.717, 1.165) is 30.4 Å². The fourth-order valence-electron chi connectivity index (χ4n) is 1.98. The minimum absolute atomic E-state index is 0.178. The summed E-state index contributed by atoms with van der Waals surface area (Å²) in [7, 11) is 0. The Balaban J connectivity index is 1.91. The molecule has 1 aliphatic heterocycles. The van der Waals surface area contributed by atoms with Gasteiger partial charge in [0.1, 0.15) is 6.54 Å². The summed E-state index contributed by atoms with van der Waals surface area (Å²) in [5.41, 5.74) is 0. The molecule has 1 aliphatic rings. The Morgan fingerprint density at radius 3 is 2.56 bits per heavy atom. The molecule has 0 bridgehead atoms. The summed E-state index contributed by atoms with van der Waals surface area (Å²) in [6, 6.07) is 0. The Labute approximate surface area is 104 Å². The number of hydrogen-bond donors (Lipinski definition) is 0. The first-order valence-electron chi connectivity index (χ1n) is 5.71. The van der Waals surface area contributed by atoms with E-state index in [1.54, 1.807) is 10.9 Å². The average Bonchev–Trinajstić information content (AvgIpc) is 2.56. The van der Waals surface area contributed by atoms with Crippen LogP contribution in [-0.2, 0) is 11.3 Å². The van der Waals surface area contributed by atoms with Gasteiger partial charge in [0.05, 0.1) is 10.7 Å². The Kier molecular flexibility index (Phi) is 3.98. The van der Waals surface area contributed by atoms with Crippen molar-refractivity contribution in [3.05, 3.63) is 16.9 Å². The molecule has 1 amide bonds. The smallest absolute Gasteiger partial charge is 0.244 e. The molecule has 1 aromatic rings. The van der Waals surface area contributed by atoms with Crippen LogP contribution in [0.15, 0.2) is 16.9 Å². The van der Waals surface area contributed by atoms with E-state index in [4.69, 9.17) is 0 Å². The molecule has 1 fully saturated rings. The first-order valence-corrected chi connectivity index (χ1v) is 6.51. The number of halogens is 1. The van der Waals surface area contributed by atoms with E-state index >= 15 is 0 Å². The quantitative estimate of drug-likeness (QED) is 0.834. The van der Waals surface area contributed by atoms with E-state index in [9.17, 15) is 4.79 Å². The van der Waals surface area contributed by atoms with Crippen molar-refractivity contribution in [2.24, 2.45) is 0 Å². The third-order valence-corrected chi connectivity index (χ3v) is 3.27. The molecule has 2 rings (SSSR count). The van der Waals surface area contributed by atoms with Gasteiger partial charge in [-0.05, 0) is 28.8 Å². The van der Waals surface area contributed by atoms with Gasteiger partial charge < -0.3 is 4.90 Å². The van der Waals surface area contributed by atoms with Crippen LogP contribution >= 0.6 is 15.9 Å². The summed E-state index contributed by atoms with van der Waals surface area (Å²) in [5, 5.41) is 4.10. The van der Waals surface area contributed by atoms with Crippen LogP contribution in [-0.4, -0.2) is 33.7 Å². The van der Waals surface area contributed by atoms with Crippen molar-refractivity contribution in [1.82, 2.24) is 14.7 Å². The summed E-state index contributed by atoms with van der Waals surface area (Å²) in [6.07, 6.45) is 8.29. The Hall–Kier alpha value is -0.840. The van der Waals surface area contributed by atoms with Gasteiger partial charge in [-0.3, -0.25) is 9.48 Å². The molecule has 1 saturated heterocycles. The topological polar surface area (TPSA) is 38.1 Å². The third-order valence-electron chi connectivity index (χ3n) is 2.86. The van der Waals surface area contributed by atoms with E-state index in [1.165, 1.54) is 12.8 Å². The fourth-order valence-corrected chi connectivity index (χ4v) is 2.31. The molecule has 5 heteroatoms. The van der Waals surface area contributed by atoms with E-state index in [2.05, 4.69) is 21.0 Å². The molecule has 0 atom stereocenters. The minimum Gasteiger partial charge on any atom is -0.341 e. The van der Waals surface area contributed by atoms with Crippen LogP contribution < -0.4 is 0 Å². The van der Waals surface area contributed by atoms with Crippen molar-refractivity contribution in [2.75, 3.05) is 13.1 Å². The highest BCUT2D eigenvalue weighted by Crippen LogP contribution is 2.11. The van der Waals surface area contributed by atoms with Gasteiger partial charge in [0, 0.05) is 19.3 Å². The summed E-state index contributed by atoms with van der Waals surface area (Å²) >= 11 is 3.32. The van der Waals surface area contributed by atoms with Crippen LogP contribution in [0.5, 0.6) is 0 Å². The molecule has 0 unspecified atom stereocenters. The summed E-state index contributed by atoms with van der Waals surface area (Å²) in [4.78, 5) is 13.9. The van der Waals surface area contributed by atoms with Gasteiger partial charge >= 0.3 is 0 Å². The van der Waals surface area contributed by atoms with Crippen LogP contribution in [0.1, 0.15) is 25.7 Å². The van der Waals surface area contributed by atoms with E-state index < -0.39 is 0 Å². The lowest BCUT2D eigenvalue weighted by molar-refractivity contribution is -0.132. The maximum atomic E-state index is 12.0. The van der Waals surface area contributed by atoms with Crippen molar-refractivity contribution in [3.8, 4) is 0 Å². The van der Waals surface area contributed by atoms with Crippen molar-refractivity contribution in [3.63, 3.8) is 0 Å². The van der Waals surface area contributed by atoms with Gasteiger partial charge in [-0.2, -0.15) is 5.10 Å². The Morgan fingerprint density at radius 2 is 2.00 bits per heavy atom. The molecule has 0 aromatic carbocycles. The fraction of sp³-hybridized carbons (Fsp3) is 0.636. The van der Waals surface area contributed by atoms with Crippen LogP contribution in [0, 0.1) is 0 Å². The van der Waals surface area contributed by atoms with Crippen LogP contribution in [0.3, 0.4) is 0 Å². The zero-order valence-corrected chi connectivity index (χ0v) is 10.8. The normalized spacial score (nSPS) is 17.2. The second kappa shape index (κ2) is 5.48. The molecule has 1 aromatic heterocycles. The van der Waals surface area contributed by atoms with Crippen LogP contribution in [0.2, 0.25) is 0 Å². The lowest BCUT2D eigenvalue weighted by Gasteiger charge is -2.20. The van der Waals surface area contributed by atoms with Crippen LogP contribution in [0.4, 0.5) is 0 Å². The number of nitrogens with zero attached hydrogens (tertiary/aromatic N) is 3. The maximum Gasteiger partial charge on any atom is 0.244 e. The number of amides is 1. The molecule has 0 aliphatic carbocycles. The molecule has 16 heavy (non-hydrogen) atoms. The van der Waals surface area contributed by atoms with Gasteiger partial charge in [-0.1, -0.05) is 12.8 Å². The number of carbonyl (C=O) groups excluding carboxylic acids is 1. The van der Waals surface area contributed by atoms with Crippen molar-refractivity contribution < 1.29 is 4.79 Å². The molecule has 4 nitrogen and oxygen atoms in total. The highest BCUT2D eigenvalue weighted by molar-refractivity contribution is 9.10. The van der Waals surface area contributed by atoms with Gasteiger partial charge in [0.15, 0.2) is 0 Å². The highest BCUT2D eigenvalue weighted by atomic mass is 79.9. The maximum absolute atomic E-state index is 12.0. The average molecular weight is 286 g/mol. The number of likely N-dealkylation sites (tertiary alicyclic amines) is 1. The monoisotopic (exact) mass is 285 g/mol. The SMILES string of the molecule is O=C(Cn1cc(Br)cn1)N1CCCCCC1. The Bertz CT molecular complexity index is 356. The Morgan fingerprint density at radius 1 is 1.31 bits per heavy atom. The van der Waals surface area contributed by atoms with Crippen molar-refractivity contribution in [1.29, 1.82) is 0 Å². The zero-order chi connectivity index (χ0) is 11.4. The molecular formula is C11H16BrN3O. The first-order chi connectivity index (χ1) is 7.75. The lowest BCUT2D eigenvalue weighted by Crippen LogP contribution is -2.34. The van der Waals surface area contributed by atoms with Gasteiger partial charge in [-0.25, -0.2) is 0 Å².